The Morgan fingerprint density at radius 3 is 2.26 bits per heavy atom. The van der Waals surface area contributed by atoms with E-state index in [4.69, 9.17) is 11.6 Å². The zero-order chi connectivity index (χ0) is 21.8. The number of aromatic nitrogens is 1. The van der Waals surface area contributed by atoms with Crippen LogP contribution in [0.1, 0.15) is 17.3 Å². The molecule has 31 heavy (non-hydrogen) atoms. The second-order valence-corrected chi connectivity index (χ2v) is 8.03. The SMILES string of the molecule is CC(=O)Nc1ccc(-n2c(-c3ccc(Cl)cc3)csc2=NC(=O)c2ccccc2)cc1. The van der Waals surface area contributed by atoms with E-state index < -0.39 is 0 Å². The van der Waals surface area contributed by atoms with E-state index in [0.717, 1.165) is 16.9 Å². The second kappa shape index (κ2) is 9.12. The van der Waals surface area contributed by atoms with Crippen molar-refractivity contribution in [2.75, 3.05) is 5.32 Å². The van der Waals surface area contributed by atoms with Gasteiger partial charge in [0, 0.05) is 34.3 Å². The Hall–Kier alpha value is -3.48. The highest BCUT2D eigenvalue weighted by atomic mass is 35.5. The van der Waals surface area contributed by atoms with Crippen LogP contribution in [0.5, 0.6) is 0 Å². The number of thiazole rings is 1. The van der Waals surface area contributed by atoms with E-state index in [-0.39, 0.29) is 11.8 Å². The molecule has 7 heteroatoms. The summed E-state index contributed by atoms with van der Waals surface area (Å²) in [5, 5.41) is 5.37. The monoisotopic (exact) mass is 447 g/mol. The van der Waals surface area contributed by atoms with Gasteiger partial charge in [-0.05, 0) is 54.1 Å². The number of hydrogen-bond donors (Lipinski definition) is 1. The van der Waals surface area contributed by atoms with Crippen LogP contribution in [0, 0.1) is 0 Å². The number of benzene rings is 3. The minimum atomic E-state index is -0.311. The molecular formula is C24H18ClN3O2S. The maximum atomic E-state index is 12.7. The van der Waals surface area contributed by atoms with E-state index in [0.29, 0.717) is 21.1 Å². The maximum Gasteiger partial charge on any atom is 0.279 e. The van der Waals surface area contributed by atoms with Crippen molar-refractivity contribution in [1.82, 2.24) is 4.57 Å². The van der Waals surface area contributed by atoms with Crippen LogP contribution in [0.2, 0.25) is 5.02 Å². The van der Waals surface area contributed by atoms with Crippen LogP contribution in [0.3, 0.4) is 0 Å². The minimum Gasteiger partial charge on any atom is -0.326 e. The van der Waals surface area contributed by atoms with Gasteiger partial charge in [0.15, 0.2) is 4.80 Å². The lowest BCUT2D eigenvalue weighted by atomic mass is 10.1. The van der Waals surface area contributed by atoms with E-state index >= 15 is 0 Å². The van der Waals surface area contributed by atoms with Crippen molar-refractivity contribution in [3.8, 4) is 16.9 Å². The largest absolute Gasteiger partial charge is 0.326 e. The number of nitrogens with one attached hydrogen (secondary N) is 1. The van der Waals surface area contributed by atoms with Crippen molar-refractivity contribution in [3.05, 3.63) is 99.6 Å². The van der Waals surface area contributed by atoms with Crippen LogP contribution in [0.25, 0.3) is 16.9 Å². The third kappa shape index (κ3) is 4.82. The van der Waals surface area contributed by atoms with Crippen LogP contribution >= 0.6 is 22.9 Å². The molecule has 0 saturated carbocycles. The van der Waals surface area contributed by atoms with Gasteiger partial charge in [-0.1, -0.05) is 41.9 Å². The van der Waals surface area contributed by atoms with Crippen LogP contribution in [-0.4, -0.2) is 16.4 Å². The lowest BCUT2D eigenvalue weighted by molar-refractivity contribution is -0.114. The molecule has 1 N–H and O–H groups in total. The summed E-state index contributed by atoms with van der Waals surface area (Å²) < 4.78 is 1.92. The number of rotatable bonds is 4. The topological polar surface area (TPSA) is 63.5 Å². The molecule has 0 spiro atoms. The second-order valence-electron chi connectivity index (χ2n) is 6.76. The van der Waals surface area contributed by atoms with E-state index in [1.54, 1.807) is 12.1 Å². The summed E-state index contributed by atoms with van der Waals surface area (Å²) in [5.74, 6) is -0.448. The van der Waals surface area contributed by atoms with Gasteiger partial charge in [0.25, 0.3) is 5.91 Å². The Balaban J connectivity index is 1.84. The molecule has 0 fully saturated rings. The summed E-state index contributed by atoms with van der Waals surface area (Å²) in [6, 6.07) is 23.9. The summed E-state index contributed by atoms with van der Waals surface area (Å²) in [6.07, 6.45) is 0. The van der Waals surface area contributed by atoms with E-state index in [9.17, 15) is 9.59 Å². The summed E-state index contributed by atoms with van der Waals surface area (Å²) in [7, 11) is 0. The summed E-state index contributed by atoms with van der Waals surface area (Å²) in [4.78, 5) is 29.0. The predicted molar refractivity (Wildman–Crippen MR) is 125 cm³/mol. The minimum absolute atomic E-state index is 0.137. The number of halogens is 1. The Bertz CT molecular complexity index is 1290. The number of nitrogens with zero attached hydrogens (tertiary/aromatic N) is 2. The summed E-state index contributed by atoms with van der Waals surface area (Å²) in [6.45, 7) is 1.46. The maximum absolute atomic E-state index is 12.7. The van der Waals surface area contributed by atoms with Crippen molar-refractivity contribution in [2.45, 2.75) is 6.92 Å². The van der Waals surface area contributed by atoms with Gasteiger partial charge in [0.05, 0.1) is 5.69 Å². The number of hydrogen-bond acceptors (Lipinski definition) is 3. The molecule has 0 atom stereocenters. The third-order valence-electron chi connectivity index (χ3n) is 4.51. The molecule has 5 nitrogen and oxygen atoms in total. The van der Waals surface area contributed by atoms with Crippen molar-refractivity contribution in [2.24, 2.45) is 4.99 Å². The fraction of sp³-hybridized carbons (Fsp3) is 0.0417. The highest BCUT2D eigenvalue weighted by Gasteiger charge is 2.12. The lowest BCUT2D eigenvalue weighted by Crippen LogP contribution is -2.16. The first-order valence-corrected chi connectivity index (χ1v) is 10.8. The van der Waals surface area contributed by atoms with Crippen molar-refractivity contribution in [3.63, 3.8) is 0 Å². The Morgan fingerprint density at radius 1 is 0.935 bits per heavy atom. The first kappa shape index (κ1) is 20.8. The molecule has 154 valence electrons. The zero-order valence-electron chi connectivity index (χ0n) is 16.6. The predicted octanol–water partition coefficient (Wildman–Crippen LogP) is 5.56. The molecule has 4 rings (SSSR count). The molecule has 1 aromatic heterocycles. The molecule has 0 aliphatic carbocycles. The molecule has 0 radical (unpaired) electrons. The van der Waals surface area contributed by atoms with E-state index in [1.807, 2.05) is 76.7 Å². The van der Waals surface area contributed by atoms with Gasteiger partial charge < -0.3 is 5.32 Å². The normalized spacial score (nSPS) is 11.4. The number of anilines is 1. The third-order valence-corrected chi connectivity index (χ3v) is 5.59. The molecule has 0 bridgehead atoms. The standard InChI is InChI=1S/C24H18ClN3O2S/c1-16(29)26-20-11-13-21(14-12-20)28-22(17-7-9-19(25)10-8-17)15-31-24(28)27-23(30)18-5-3-2-4-6-18/h2-15H,1H3,(H,26,29). The zero-order valence-corrected chi connectivity index (χ0v) is 18.2. The van der Waals surface area contributed by atoms with Gasteiger partial charge in [0.2, 0.25) is 5.91 Å². The first-order valence-electron chi connectivity index (χ1n) is 9.50. The molecule has 0 saturated heterocycles. The van der Waals surface area contributed by atoms with Gasteiger partial charge in [-0.15, -0.1) is 11.3 Å². The molecule has 3 aromatic carbocycles. The number of carbonyl (C=O) groups is 2. The van der Waals surface area contributed by atoms with Crippen molar-refractivity contribution >= 4 is 40.4 Å². The summed E-state index contributed by atoms with van der Waals surface area (Å²) >= 11 is 7.44. The van der Waals surface area contributed by atoms with Gasteiger partial charge in [-0.2, -0.15) is 4.99 Å². The Morgan fingerprint density at radius 2 is 1.61 bits per heavy atom. The fourth-order valence-corrected chi connectivity index (χ4v) is 4.12. The van der Waals surface area contributed by atoms with Crippen molar-refractivity contribution < 1.29 is 9.59 Å². The molecule has 2 amide bonds. The molecule has 0 aliphatic rings. The molecular weight excluding hydrogens is 430 g/mol. The number of carbonyl (C=O) groups excluding carboxylic acids is 2. The van der Waals surface area contributed by atoms with Crippen LogP contribution < -0.4 is 10.1 Å². The molecule has 1 heterocycles. The molecule has 0 unspecified atom stereocenters. The van der Waals surface area contributed by atoms with Gasteiger partial charge >= 0.3 is 0 Å². The molecule has 4 aromatic rings. The van der Waals surface area contributed by atoms with Crippen LogP contribution in [0.15, 0.2) is 89.2 Å². The lowest BCUT2D eigenvalue weighted by Gasteiger charge is -2.11. The van der Waals surface area contributed by atoms with Gasteiger partial charge in [-0.25, -0.2) is 0 Å². The van der Waals surface area contributed by atoms with Gasteiger partial charge in [0.1, 0.15) is 0 Å². The van der Waals surface area contributed by atoms with E-state index in [1.165, 1.54) is 18.3 Å². The highest BCUT2D eigenvalue weighted by Crippen LogP contribution is 2.25. The first-order chi connectivity index (χ1) is 15.0. The molecule has 0 aliphatic heterocycles. The number of amides is 2. The van der Waals surface area contributed by atoms with Crippen LogP contribution in [-0.2, 0) is 4.79 Å². The fourth-order valence-electron chi connectivity index (χ4n) is 3.09. The Kier molecular flexibility index (Phi) is 6.11. The average molecular weight is 448 g/mol. The van der Waals surface area contributed by atoms with E-state index in [2.05, 4.69) is 10.3 Å². The quantitative estimate of drug-likeness (QED) is 0.445. The van der Waals surface area contributed by atoms with Gasteiger partial charge in [-0.3, -0.25) is 14.2 Å². The van der Waals surface area contributed by atoms with Crippen molar-refractivity contribution in [1.29, 1.82) is 0 Å². The van der Waals surface area contributed by atoms with Crippen LogP contribution in [0.4, 0.5) is 5.69 Å². The smallest absolute Gasteiger partial charge is 0.279 e. The average Bonchev–Trinajstić information content (AvgIpc) is 3.18. The Labute approximate surface area is 188 Å². The highest BCUT2D eigenvalue weighted by molar-refractivity contribution is 7.07. The summed E-state index contributed by atoms with van der Waals surface area (Å²) in [5.41, 5.74) is 3.86.